The van der Waals surface area contributed by atoms with Gasteiger partial charge in [-0.25, -0.2) is 0 Å². The zero-order chi connectivity index (χ0) is 26.8. The van der Waals surface area contributed by atoms with Crippen molar-refractivity contribution in [1.82, 2.24) is 9.97 Å². The highest BCUT2D eigenvalue weighted by molar-refractivity contribution is 6.29. The molecule has 38 heavy (non-hydrogen) atoms. The lowest BCUT2D eigenvalue weighted by Gasteiger charge is -2.10. The number of nitriles is 6. The number of nitrogens with zero attached hydrogens (tertiary/aromatic N) is 8. The summed E-state index contributed by atoms with van der Waals surface area (Å²) in [6.45, 7) is 0. The fourth-order valence-corrected chi connectivity index (χ4v) is 4.77. The molecule has 0 radical (unpaired) electrons. The summed E-state index contributed by atoms with van der Waals surface area (Å²) in [6.07, 6.45) is 3.08. The zero-order valence-corrected chi connectivity index (χ0v) is 19.4. The molecular weight excluding hydrogens is 472 g/mol. The second kappa shape index (κ2) is 9.23. The SMILES string of the molecule is N#CC(C#N)=C1C(c2ccccn2)=C(C#N)c2cc3c(cc21)C(C#N)=C(c1ccccn1)C3=C(C#N)C#N. The second-order valence-corrected chi connectivity index (χ2v) is 8.04. The monoisotopic (exact) mass is 482 g/mol. The highest BCUT2D eigenvalue weighted by Crippen LogP contribution is 2.53. The molecule has 2 heterocycles. The van der Waals surface area contributed by atoms with E-state index < -0.39 is 0 Å². The van der Waals surface area contributed by atoms with Crippen LogP contribution in [0.3, 0.4) is 0 Å². The van der Waals surface area contributed by atoms with Crippen molar-refractivity contribution in [3.8, 4) is 36.4 Å². The van der Waals surface area contributed by atoms with Crippen LogP contribution < -0.4 is 0 Å². The quantitative estimate of drug-likeness (QED) is 0.461. The summed E-state index contributed by atoms with van der Waals surface area (Å²) < 4.78 is 0. The van der Waals surface area contributed by atoms with Gasteiger partial charge in [-0.2, -0.15) is 31.6 Å². The van der Waals surface area contributed by atoms with Gasteiger partial charge in [0.25, 0.3) is 0 Å². The number of pyridine rings is 2. The first-order chi connectivity index (χ1) is 18.6. The van der Waals surface area contributed by atoms with Crippen molar-refractivity contribution in [3.05, 3.63) is 106 Å². The van der Waals surface area contributed by atoms with Crippen molar-refractivity contribution in [2.75, 3.05) is 0 Å². The van der Waals surface area contributed by atoms with Gasteiger partial charge >= 0.3 is 0 Å². The molecule has 0 saturated carbocycles. The van der Waals surface area contributed by atoms with E-state index in [1.807, 2.05) is 24.3 Å². The smallest absolute Gasteiger partial charge is 0.138 e. The minimum atomic E-state index is -0.215. The van der Waals surface area contributed by atoms with Crippen molar-refractivity contribution in [3.63, 3.8) is 0 Å². The Hall–Kier alpha value is -6.58. The molecule has 0 amide bonds. The second-order valence-electron chi connectivity index (χ2n) is 8.04. The summed E-state index contributed by atoms with van der Waals surface area (Å²) in [7, 11) is 0. The molecule has 0 N–H and O–H groups in total. The van der Waals surface area contributed by atoms with Crippen molar-refractivity contribution < 1.29 is 0 Å². The third kappa shape index (κ3) is 3.26. The van der Waals surface area contributed by atoms with E-state index in [0.717, 1.165) is 0 Å². The van der Waals surface area contributed by atoms with Gasteiger partial charge in [-0.15, -0.1) is 0 Å². The maximum Gasteiger partial charge on any atom is 0.138 e. The van der Waals surface area contributed by atoms with Crippen LogP contribution in [0.4, 0.5) is 0 Å². The first kappa shape index (κ1) is 23.2. The molecule has 5 rings (SSSR count). The average molecular weight is 482 g/mol. The van der Waals surface area contributed by atoms with Crippen LogP contribution in [0.1, 0.15) is 33.6 Å². The number of hydrogen-bond acceptors (Lipinski definition) is 8. The Kier molecular flexibility index (Phi) is 5.63. The minimum absolute atomic E-state index is 0.180. The highest BCUT2D eigenvalue weighted by Gasteiger charge is 2.37. The molecule has 0 bridgehead atoms. The van der Waals surface area contributed by atoms with Gasteiger partial charge in [0.15, 0.2) is 0 Å². The molecule has 170 valence electrons. The third-order valence-electron chi connectivity index (χ3n) is 6.25. The molecule has 8 heteroatoms. The van der Waals surface area contributed by atoms with E-state index in [2.05, 4.69) is 22.1 Å². The molecule has 0 fully saturated rings. The number of aromatic nitrogens is 2. The average Bonchev–Trinajstić information content (AvgIpc) is 3.46. The van der Waals surface area contributed by atoms with Crippen LogP contribution in [-0.4, -0.2) is 9.97 Å². The molecule has 1 aromatic carbocycles. The zero-order valence-electron chi connectivity index (χ0n) is 19.4. The van der Waals surface area contributed by atoms with Crippen LogP contribution in [0.2, 0.25) is 0 Å². The number of benzene rings is 1. The lowest BCUT2D eigenvalue weighted by atomic mass is 9.91. The Bertz CT molecular complexity index is 1770. The van der Waals surface area contributed by atoms with Crippen LogP contribution in [0, 0.1) is 68.0 Å². The summed E-state index contributed by atoms with van der Waals surface area (Å²) in [5.41, 5.74) is 3.45. The van der Waals surface area contributed by atoms with Crippen LogP contribution in [0.5, 0.6) is 0 Å². The molecule has 2 aromatic heterocycles. The summed E-state index contributed by atoms with van der Waals surface area (Å²) in [6, 6.07) is 25.5. The summed E-state index contributed by atoms with van der Waals surface area (Å²) in [4.78, 5) is 8.69. The largest absolute Gasteiger partial charge is 0.256 e. The molecule has 2 aliphatic rings. The van der Waals surface area contributed by atoms with Gasteiger partial charge in [0.05, 0.1) is 22.5 Å². The standard InChI is InChI=1S/C30H10N8/c31-11-17(12-32)27-21-10-20-22(9-19(21)23(15-35)29(27)25-5-1-3-7-37-25)28(18(13-33)14-34)30(24(20)16-36)26-6-2-4-8-38-26/h1-10H. The molecule has 8 nitrogen and oxygen atoms in total. The van der Waals surface area contributed by atoms with E-state index in [4.69, 9.17) is 0 Å². The van der Waals surface area contributed by atoms with Gasteiger partial charge in [0.2, 0.25) is 0 Å². The number of allylic oxidation sites excluding steroid dienone is 8. The fourth-order valence-electron chi connectivity index (χ4n) is 4.77. The predicted molar refractivity (Wildman–Crippen MR) is 136 cm³/mol. The van der Waals surface area contributed by atoms with Crippen molar-refractivity contribution in [2.24, 2.45) is 0 Å². The lowest BCUT2D eigenvalue weighted by molar-refractivity contribution is 1.28. The molecule has 0 spiro atoms. The first-order valence-corrected chi connectivity index (χ1v) is 11.0. The first-order valence-electron chi connectivity index (χ1n) is 11.0. The van der Waals surface area contributed by atoms with Crippen LogP contribution in [0.25, 0.3) is 33.4 Å². The van der Waals surface area contributed by atoms with E-state index in [1.165, 1.54) is 0 Å². The Balaban J connectivity index is 1.94. The molecule has 0 unspecified atom stereocenters. The highest BCUT2D eigenvalue weighted by atomic mass is 14.7. The Morgan fingerprint density at radius 1 is 0.526 bits per heavy atom. The van der Waals surface area contributed by atoms with Crippen molar-refractivity contribution >= 4 is 33.4 Å². The normalized spacial score (nSPS) is 12.8. The van der Waals surface area contributed by atoms with Crippen LogP contribution in [0.15, 0.2) is 72.1 Å². The van der Waals surface area contributed by atoms with Crippen LogP contribution >= 0.6 is 0 Å². The lowest BCUT2D eigenvalue weighted by Crippen LogP contribution is -1.95. The minimum Gasteiger partial charge on any atom is -0.256 e. The molecule has 0 atom stereocenters. The summed E-state index contributed by atoms with van der Waals surface area (Å²) in [5, 5.41) is 59.6. The van der Waals surface area contributed by atoms with Gasteiger partial charge < -0.3 is 0 Å². The molecule has 0 saturated heterocycles. The van der Waals surface area contributed by atoms with E-state index in [0.29, 0.717) is 44.8 Å². The van der Waals surface area contributed by atoms with Crippen LogP contribution in [-0.2, 0) is 0 Å². The Labute approximate surface area is 217 Å². The maximum absolute atomic E-state index is 10.2. The number of fused-ring (bicyclic) bond motifs is 2. The maximum atomic E-state index is 10.2. The summed E-state index contributed by atoms with van der Waals surface area (Å²) in [5.74, 6) is 0. The Morgan fingerprint density at radius 2 is 0.921 bits per heavy atom. The topological polar surface area (TPSA) is 169 Å². The van der Waals surface area contributed by atoms with Crippen molar-refractivity contribution in [1.29, 1.82) is 31.6 Å². The van der Waals surface area contributed by atoms with Gasteiger partial charge in [-0.3, -0.25) is 9.97 Å². The summed E-state index contributed by atoms with van der Waals surface area (Å²) >= 11 is 0. The third-order valence-corrected chi connectivity index (χ3v) is 6.25. The molecule has 0 aliphatic heterocycles. The molecular formula is C30H10N8. The number of rotatable bonds is 2. The molecule has 2 aliphatic carbocycles. The van der Waals surface area contributed by atoms with Crippen molar-refractivity contribution in [2.45, 2.75) is 0 Å². The molecule has 3 aromatic rings. The van der Waals surface area contributed by atoms with Gasteiger partial charge in [0, 0.05) is 45.8 Å². The Morgan fingerprint density at radius 3 is 1.21 bits per heavy atom. The fraction of sp³-hybridized carbons (Fsp3) is 0. The van der Waals surface area contributed by atoms with E-state index in [1.54, 1.807) is 60.9 Å². The van der Waals surface area contributed by atoms with Gasteiger partial charge in [0.1, 0.15) is 47.6 Å². The van der Waals surface area contributed by atoms with E-state index in [-0.39, 0.29) is 33.4 Å². The van der Waals surface area contributed by atoms with E-state index >= 15 is 0 Å². The van der Waals surface area contributed by atoms with Gasteiger partial charge in [-0.05, 0) is 47.5 Å². The number of hydrogen-bond donors (Lipinski definition) is 0. The van der Waals surface area contributed by atoms with E-state index in [9.17, 15) is 31.6 Å². The predicted octanol–water partition coefficient (Wildman–Crippen LogP) is 4.97. The van der Waals surface area contributed by atoms with Gasteiger partial charge in [-0.1, -0.05) is 12.1 Å².